The van der Waals surface area contributed by atoms with Crippen LogP contribution in [0.2, 0.25) is 0 Å². The van der Waals surface area contributed by atoms with E-state index in [-0.39, 0.29) is 0 Å². The lowest BCUT2D eigenvalue weighted by atomic mass is 10.1. The Kier molecular flexibility index (Phi) is 3.31. The van der Waals surface area contributed by atoms with E-state index >= 15 is 0 Å². The lowest BCUT2D eigenvalue weighted by Crippen LogP contribution is -2.04. The Morgan fingerprint density at radius 3 is 2.69 bits per heavy atom. The summed E-state index contributed by atoms with van der Waals surface area (Å²) in [6.07, 6.45) is 3.41. The molecule has 0 spiro atoms. The fourth-order valence-electron chi connectivity index (χ4n) is 1.36. The molecular weight excluding hydrogens is 200 g/mol. The summed E-state index contributed by atoms with van der Waals surface area (Å²) in [6, 6.07) is 9.55. The third kappa shape index (κ3) is 2.69. The van der Waals surface area contributed by atoms with E-state index in [0.717, 1.165) is 11.3 Å². The third-order valence-electron chi connectivity index (χ3n) is 2.21. The van der Waals surface area contributed by atoms with Gasteiger partial charge in [0.1, 0.15) is 0 Å². The second kappa shape index (κ2) is 5.10. The normalized spacial score (nSPS) is 9.94. The average molecular weight is 211 g/mol. The zero-order valence-corrected chi connectivity index (χ0v) is 8.72. The first kappa shape index (κ1) is 10.4. The van der Waals surface area contributed by atoms with E-state index in [9.17, 15) is 0 Å². The number of benzene rings is 1. The molecule has 4 heteroatoms. The maximum Gasteiger partial charge on any atom is 0.0991 e. The maximum atomic E-state index is 8.65. The van der Waals surface area contributed by atoms with E-state index in [1.165, 1.54) is 0 Å². The second-order valence-electron chi connectivity index (χ2n) is 3.43. The molecule has 16 heavy (non-hydrogen) atoms. The number of nitrogens with one attached hydrogen (secondary N) is 1. The van der Waals surface area contributed by atoms with Gasteiger partial charge in [-0.2, -0.15) is 5.26 Å². The van der Waals surface area contributed by atoms with Crippen molar-refractivity contribution in [2.45, 2.75) is 13.1 Å². The Labute approximate surface area is 94.0 Å². The van der Waals surface area contributed by atoms with Gasteiger partial charge in [0.05, 0.1) is 30.2 Å². The van der Waals surface area contributed by atoms with E-state index in [1.54, 1.807) is 24.7 Å². The Balaban J connectivity index is 1.83. The van der Waals surface area contributed by atoms with E-state index in [1.807, 2.05) is 12.1 Å². The number of aromatic nitrogens is 2. The molecule has 1 aromatic carbocycles. The minimum atomic E-state index is 0.639. The highest BCUT2D eigenvalue weighted by Crippen LogP contribution is 2.03. The van der Waals surface area contributed by atoms with Crippen LogP contribution >= 0.6 is 0 Å². The summed E-state index contributed by atoms with van der Waals surface area (Å²) in [5.74, 6) is 0. The number of H-pyrrole nitrogens is 1. The SMILES string of the molecule is N#Cc1ccc(C[N]Cc2cnc[nH]2)cc1. The zero-order valence-electron chi connectivity index (χ0n) is 8.72. The molecule has 0 aliphatic rings. The number of nitrogens with zero attached hydrogens (tertiary/aromatic N) is 3. The maximum absolute atomic E-state index is 8.65. The van der Waals surface area contributed by atoms with Crippen LogP contribution < -0.4 is 5.32 Å². The minimum absolute atomic E-state index is 0.639. The molecular formula is C12H11N4. The standard InChI is InChI=1S/C12H11N4/c13-5-10-1-3-11(4-2-10)6-14-7-12-8-15-9-16-12/h1-4,8-9H,6-7H2,(H,15,16). The molecule has 79 valence electrons. The molecule has 0 fully saturated rings. The molecule has 0 saturated carbocycles. The zero-order chi connectivity index (χ0) is 11.2. The van der Waals surface area contributed by atoms with Crippen LogP contribution in [0, 0.1) is 11.3 Å². The molecule has 2 aromatic rings. The van der Waals surface area contributed by atoms with Crippen LogP contribution in [0.5, 0.6) is 0 Å². The van der Waals surface area contributed by atoms with Crippen molar-refractivity contribution in [2.75, 3.05) is 0 Å². The average Bonchev–Trinajstić information content (AvgIpc) is 2.83. The Morgan fingerprint density at radius 2 is 2.06 bits per heavy atom. The van der Waals surface area contributed by atoms with Gasteiger partial charge in [0, 0.05) is 12.7 Å². The Hall–Kier alpha value is -2.12. The van der Waals surface area contributed by atoms with E-state index in [0.29, 0.717) is 18.7 Å². The first-order chi connectivity index (χ1) is 7.88. The monoisotopic (exact) mass is 211 g/mol. The minimum Gasteiger partial charge on any atom is -0.347 e. The number of imidazole rings is 1. The van der Waals surface area contributed by atoms with Crippen molar-refractivity contribution in [3.05, 3.63) is 53.6 Å². The van der Waals surface area contributed by atoms with Gasteiger partial charge in [-0.25, -0.2) is 10.3 Å². The molecule has 0 unspecified atom stereocenters. The van der Waals surface area contributed by atoms with Crippen molar-refractivity contribution < 1.29 is 0 Å². The molecule has 4 nitrogen and oxygen atoms in total. The summed E-state index contributed by atoms with van der Waals surface area (Å²) in [4.78, 5) is 6.91. The number of hydrogen-bond acceptors (Lipinski definition) is 2. The molecule has 0 bridgehead atoms. The number of rotatable bonds is 4. The predicted molar refractivity (Wildman–Crippen MR) is 59.3 cm³/mol. The highest BCUT2D eigenvalue weighted by Gasteiger charge is 1.96. The van der Waals surface area contributed by atoms with Gasteiger partial charge in [-0.05, 0) is 17.7 Å². The summed E-state index contributed by atoms with van der Waals surface area (Å²) >= 11 is 0. The lowest BCUT2D eigenvalue weighted by molar-refractivity contribution is 0.666. The van der Waals surface area contributed by atoms with Crippen molar-refractivity contribution in [1.29, 1.82) is 5.26 Å². The first-order valence-corrected chi connectivity index (χ1v) is 4.98. The lowest BCUT2D eigenvalue weighted by Gasteiger charge is -2.01. The molecule has 0 atom stereocenters. The van der Waals surface area contributed by atoms with Gasteiger partial charge in [-0.3, -0.25) is 0 Å². The number of aromatic amines is 1. The van der Waals surface area contributed by atoms with Gasteiger partial charge in [0.15, 0.2) is 0 Å². The number of hydrogen-bond donors (Lipinski definition) is 1. The molecule has 1 heterocycles. The highest BCUT2D eigenvalue weighted by molar-refractivity contribution is 5.31. The van der Waals surface area contributed by atoms with E-state index < -0.39 is 0 Å². The van der Waals surface area contributed by atoms with Crippen molar-refractivity contribution in [2.24, 2.45) is 0 Å². The summed E-state index contributed by atoms with van der Waals surface area (Å²) in [5, 5.41) is 13.0. The second-order valence-corrected chi connectivity index (χ2v) is 3.43. The predicted octanol–water partition coefficient (Wildman–Crippen LogP) is 1.59. The van der Waals surface area contributed by atoms with Crippen LogP contribution in [0.3, 0.4) is 0 Å². The smallest absolute Gasteiger partial charge is 0.0991 e. The van der Waals surface area contributed by atoms with Crippen LogP contribution in [-0.2, 0) is 13.1 Å². The largest absolute Gasteiger partial charge is 0.347 e. The third-order valence-corrected chi connectivity index (χ3v) is 2.21. The van der Waals surface area contributed by atoms with Gasteiger partial charge < -0.3 is 4.98 Å². The van der Waals surface area contributed by atoms with Gasteiger partial charge in [-0.15, -0.1) is 0 Å². The molecule has 0 aliphatic carbocycles. The van der Waals surface area contributed by atoms with Gasteiger partial charge >= 0.3 is 0 Å². The van der Waals surface area contributed by atoms with Crippen LogP contribution in [0.1, 0.15) is 16.8 Å². The van der Waals surface area contributed by atoms with Crippen LogP contribution in [0.25, 0.3) is 0 Å². The van der Waals surface area contributed by atoms with Crippen LogP contribution in [0.4, 0.5) is 0 Å². The van der Waals surface area contributed by atoms with Crippen molar-refractivity contribution >= 4 is 0 Å². The van der Waals surface area contributed by atoms with Crippen molar-refractivity contribution in [3.8, 4) is 6.07 Å². The summed E-state index contributed by atoms with van der Waals surface area (Å²) in [5.41, 5.74) is 2.80. The fraction of sp³-hybridized carbons (Fsp3) is 0.167. The summed E-state index contributed by atoms with van der Waals surface area (Å²) in [6.45, 7) is 1.30. The Morgan fingerprint density at radius 1 is 1.25 bits per heavy atom. The molecule has 0 saturated heterocycles. The molecule has 1 aromatic heterocycles. The number of nitriles is 1. The Bertz CT molecular complexity index is 465. The highest BCUT2D eigenvalue weighted by atomic mass is 14.9. The molecule has 0 amide bonds. The van der Waals surface area contributed by atoms with Gasteiger partial charge in [0.25, 0.3) is 0 Å². The molecule has 0 aliphatic heterocycles. The first-order valence-electron chi connectivity index (χ1n) is 4.98. The summed E-state index contributed by atoms with van der Waals surface area (Å²) in [7, 11) is 0. The summed E-state index contributed by atoms with van der Waals surface area (Å²) < 4.78 is 0. The van der Waals surface area contributed by atoms with Crippen LogP contribution in [-0.4, -0.2) is 9.97 Å². The fourth-order valence-corrected chi connectivity index (χ4v) is 1.36. The quantitative estimate of drug-likeness (QED) is 0.834. The molecule has 2 rings (SSSR count). The van der Waals surface area contributed by atoms with E-state index in [4.69, 9.17) is 5.26 Å². The van der Waals surface area contributed by atoms with Gasteiger partial charge in [0.2, 0.25) is 0 Å². The van der Waals surface area contributed by atoms with Gasteiger partial charge in [-0.1, -0.05) is 12.1 Å². The van der Waals surface area contributed by atoms with E-state index in [2.05, 4.69) is 21.4 Å². The molecule has 1 radical (unpaired) electrons. The van der Waals surface area contributed by atoms with Crippen LogP contribution in [0.15, 0.2) is 36.8 Å². The topological polar surface area (TPSA) is 66.6 Å². The van der Waals surface area contributed by atoms with Crippen molar-refractivity contribution in [1.82, 2.24) is 15.3 Å². The molecule has 1 N–H and O–H groups in total. The van der Waals surface area contributed by atoms with Crippen molar-refractivity contribution in [3.63, 3.8) is 0 Å².